The van der Waals surface area contributed by atoms with Crippen LogP contribution in [0.4, 0.5) is 0 Å². The number of hydrogen-bond acceptors (Lipinski definition) is 4. The van der Waals surface area contributed by atoms with Crippen molar-refractivity contribution in [1.82, 2.24) is 4.98 Å². The van der Waals surface area contributed by atoms with Crippen LogP contribution in [-0.4, -0.2) is 10.8 Å². The van der Waals surface area contributed by atoms with E-state index in [4.69, 9.17) is 4.42 Å². The second kappa shape index (κ2) is 4.33. The summed E-state index contributed by atoms with van der Waals surface area (Å²) in [5, 5.41) is 3.19. The predicted octanol–water partition coefficient (Wildman–Crippen LogP) is 4.19. The first-order valence-electron chi connectivity index (χ1n) is 5.29. The number of fused-ring (bicyclic) bond motifs is 1. The summed E-state index contributed by atoms with van der Waals surface area (Å²) in [6, 6.07) is 5.74. The van der Waals surface area contributed by atoms with Gasteiger partial charge < -0.3 is 4.42 Å². The molecule has 2 heterocycles. The van der Waals surface area contributed by atoms with Crippen molar-refractivity contribution < 1.29 is 9.21 Å². The third kappa shape index (κ3) is 1.79. The van der Waals surface area contributed by atoms with Gasteiger partial charge in [-0.15, -0.1) is 11.3 Å². The maximum Gasteiger partial charge on any atom is 0.256 e. The molecule has 3 aromatic rings. The van der Waals surface area contributed by atoms with Crippen LogP contribution in [0.3, 0.4) is 0 Å². The van der Waals surface area contributed by atoms with Gasteiger partial charge in [0.2, 0.25) is 0 Å². The van der Waals surface area contributed by atoms with Crippen molar-refractivity contribution in [3.63, 3.8) is 0 Å². The Bertz CT molecular complexity index is 731. The van der Waals surface area contributed by atoms with Crippen LogP contribution in [0, 0.1) is 6.92 Å². The first-order chi connectivity index (χ1) is 8.66. The largest absolute Gasteiger partial charge is 0.452 e. The zero-order chi connectivity index (χ0) is 12.7. The van der Waals surface area contributed by atoms with E-state index in [1.54, 1.807) is 11.6 Å². The molecule has 3 nitrogen and oxygen atoms in total. The fraction of sp³-hybridized carbons (Fsp3) is 0.0769. The van der Waals surface area contributed by atoms with E-state index in [0.29, 0.717) is 16.4 Å². The Labute approximate surface area is 116 Å². The van der Waals surface area contributed by atoms with Crippen molar-refractivity contribution in [1.29, 1.82) is 0 Å². The molecule has 0 spiro atoms. The van der Waals surface area contributed by atoms with Gasteiger partial charge in [0.05, 0.1) is 0 Å². The molecule has 0 aliphatic rings. The van der Waals surface area contributed by atoms with Crippen LogP contribution in [-0.2, 0) is 0 Å². The summed E-state index contributed by atoms with van der Waals surface area (Å²) < 4.78 is 6.58. The van der Waals surface area contributed by atoms with E-state index in [-0.39, 0.29) is 5.78 Å². The van der Waals surface area contributed by atoms with Crippen molar-refractivity contribution in [2.45, 2.75) is 6.92 Å². The number of carbonyl (C=O) groups is 1. The van der Waals surface area contributed by atoms with Crippen LogP contribution >= 0.6 is 27.3 Å². The van der Waals surface area contributed by atoms with Crippen molar-refractivity contribution in [2.75, 3.05) is 0 Å². The van der Waals surface area contributed by atoms with Crippen LogP contribution in [0.15, 0.2) is 38.7 Å². The van der Waals surface area contributed by atoms with Crippen LogP contribution in [0.5, 0.6) is 0 Å². The summed E-state index contributed by atoms with van der Waals surface area (Å²) in [7, 11) is 0. The van der Waals surface area contributed by atoms with E-state index in [9.17, 15) is 4.79 Å². The molecule has 0 unspecified atom stereocenters. The molecule has 0 N–H and O–H groups in total. The molecule has 18 heavy (non-hydrogen) atoms. The number of aryl methyl sites for hydroxylation is 1. The van der Waals surface area contributed by atoms with Gasteiger partial charge in [0.15, 0.2) is 10.8 Å². The van der Waals surface area contributed by atoms with E-state index in [1.165, 1.54) is 11.3 Å². The van der Waals surface area contributed by atoms with Gasteiger partial charge in [0.25, 0.3) is 5.78 Å². The summed E-state index contributed by atoms with van der Waals surface area (Å²) in [6.07, 6.45) is 1.62. The maximum atomic E-state index is 12.2. The highest BCUT2D eigenvalue weighted by Crippen LogP contribution is 2.29. The topological polar surface area (TPSA) is 43.1 Å². The Morgan fingerprint density at radius 1 is 1.44 bits per heavy atom. The average molecular weight is 322 g/mol. The lowest BCUT2D eigenvalue weighted by molar-refractivity contribution is 0.101. The number of ketones is 1. The molecule has 0 aliphatic carbocycles. The molecular formula is C13H8BrNO2S. The van der Waals surface area contributed by atoms with E-state index in [1.807, 2.05) is 25.1 Å². The smallest absolute Gasteiger partial charge is 0.256 e. The highest BCUT2D eigenvalue weighted by Gasteiger charge is 2.20. The summed E-state index contributed by atoms with van der Waals surface area (Å²) in [4.78, 5) is 16.2. The molecule has 0 atom stereocenters. The highest BCUT2D eigenvalue weighted by atomic mass is 79.9. The van der Waals surface area contributed by atoms with Crippen LogP contribution in [0.25, 0.3) is 11.0 Å². The molecule has 0 amide bonds. The SMILES string of the molecule is Cc1c(C(=O)c2nccs2)oc2cc(Br)ccc12. The molecule has 90 valence electrons. The minimum atomic E-state index is -0.158. The molecular weight excluding hydrogens is 314 g/mol. The van der Waals surface area contributed by atoms with E-state index < -0.39 is 0 Å². The molecule has 1 aromatic carbocycles. The molecule has 2 aromatic heterocycles. The Morgan fingerprint density at radius 2 is 2.28 bits per heavy atom. The number of furan rings is 1. The minimum Gasteiger partial charge on any atom is -0.452 e. The number of aromatic nitrogens is 1. The van der Waals surface area contributed by atoms with E-state index >= 15 is 0 Å². The zero-order valence-electron chi connectivity index (χ0n) is 9.44. The lowest BCUT2D eigenvalue weighted by Gasteiger charge is -1.93. The van der Waals surface area contributed by atoms with Crippen LogP contribution in [0.2, 0.25) is 0 Å². The van der Waals surface area contributed by atoms with Gasteiger partial charge in [-0.2, -0.15) is 0 Å². The molecule has 0 saturated carbocycles. The zero-order valence-corrected chi connectivity index (χ0v) is 11.8. The van der Waals surface area contributed by atoms with Gasteiger partial charge in [-0.3, -0.25) is 4.79 Å². The highest BCUT2D eigenvalue weighted by molar-refractivity contribution is 9.10. The second-order valence-electron chi connectivity index (χ2n) is 3.86. The maximum absolute atomic E-state index is 12.2. The second-order valence-corrected chi connectivity index (χ2v) is 5.67. The fourth-order valence-electron chi connectivity index (χ4n) is 1.85. The monoisotopic (exact) mass is 321 g/mol. The normalized spacial score (nSPS) is 11.0. The first kappa shape index (κ1) is 11.6. The summed E-state index contributed by atoms with van der Waals surface area (Å²) >= 11 is 4.70. The molecule has 0 radical (unpaired) electrons. The predicted molar refractivity (Wildman–Crippen MR) is 74.2 cm³/mol. The molecule has 0 aliphatic heterocycles. The standard InChI is InChI=1S/C13H8BrNO2S/c1-7-9-3-2-8(14)6-10(9)17-12(7)11(16)13-15-4-5-18-13/h2-6H,1H3. The molecule has 0 fully saturated rings. The van der Waals surface area contributed by atoms with Crippen molar-refractivity contribution in [3.05, 3.63) is 50.6 Å². The Morgan fingerprint density at radius 3 is 3.00 bits per heavy atom. The number of thiazole rings is 1. The summed E-state index contributed by atoms with van der Waals surface area (Å²) in [5.74, 6) is 0.216. The third-order valence-electron chi connectivity index (χ3n) is 2.73. The Balaban J connectivity index is 2.18. The Hall–Kier alpha value is -1.46. The number of carbonyl (C=O) groups excluding carboxylic acids is 1. The molecule has 3 rings (SSSR count). The number of rotatable bonds is 2. The number of benzene rings is 1. The van der Waals surface area contributed by atoms with Crippen molar-refractivity contribution in [2.24, 2.45) is 0 Å². The lowest BCUT2D eigenvalue weighted by Crippen LogP contribution is -2.00. The number of hydrogen-bond donors (Lipinski definition) is 0. The average Bonchev–Trinajstić information content (AvgIpc) is 2.97. The van der Waals surface area contributed by atoms with Crippen LogP contribution in [0.1, 0.15) is 21.1 Å². The molecule has 5 heteroatoms. The number of halogens is 1. The third-order valence-corrected chi connectivity index (χ3v) is 4.00. The summed E-state index contributed by atoms with van der Waals surface area (Å²) in [6.45, 7) is 1.89. The van der Waals surface area contributed by atoms with Gasteiger partial charge in [-0.1, -0.05) is 15.9 Å². The first-order valence-corrected chi connectivity index (χ1v) is 6.97. The molecule has 0 bridgehead atoms. The molecule has 0 saturated heterocycles. The summed E-state index contributed by atoms with van der Waals surface area (Å²) in [5.41, 5.74) is 1.57. The van der Waals surface area contributed by atoms with Crippen molar-refractivity contribution >= 4 is 44.0 Å². The van der Waals surface area contributed by atoms with Gasteiger partial charge in [0, 0.05) is 27.0 Å². The van der Waals surface area contributed by atoms with Crippen molar-refractivity contribution in [3.8, 4) is 0 Å². The number of nitrogens with zero attached hydrogens (tertiary/aromatic N) is 1. The van der Waals surface area contributed by atoms with Gasteiger partial charge in [-0.25, -0.2) is 4.98 Å². The van der Waals surface area contributed by atoms with Gasteiger partial charge >= 0.3 is 0 Å². The quantitative estimate of drug-likeness (QED) is 0.664. The van der Waals surface area contributed by atoms with Gasteiger partial charge in [-0.05, 0) is 25.1 Å². The lowest BCUT2D eigenvalue weighted by atomic mass is 10.1. The van der Waals surface area contributed by atoms with E-state index in [0.717, 1.165) is 15.4 Å². The minimum absolute atomic E-state index is 0.158. The Kier molecular flexibility index (Phi) is 2.80. The fourth-order valence-corrected chi connectivity index (χ4v) is 2.76. The van der Waals surface area contributed by atoms with Gasteiger partial charge in [0.1, 0.15) is 5.58 Å². The van der Waals surface area contributed by atoms with E-state index in [2.05, 4.69) is 20.9 Å². The van der Waals surface area contributed by atoms with Crippen LogP contribution < -0.4 is 0 Å².